The molecule has 0 fully saturated rings. The smallest absolute Gasteiger partial charge is 0.233 e. The molecule has 0 saturated carbocycles. The molecule has 0 bridgehead atoms. The van der Waals surface area contributed by atoms with Gasteiger partial charge in [-0.1, -0.05) is 18.7 Å². The van der Waals surface area contributed by atoms with E-state index in [1.807, 2.05) is 39.5 Å². The van der Waals surface area contributed by atoms with Gasteiger partial charge in [0, 0.05) is 18.5 Å². The van der Waals surface area contributed by atoms with Crippen molar-refractivity contribution in [3.05, 3.63) is 5.82 Å². The second-order valence-corrected chi connectivity index (χ2v) is 5.64. The van der Waals surface area contributed by atoms with Crippen LogP contribution in [0.3, 0.4) is 0 Å². The number of aromatic amines is 1. The van der Waals surface area contributed by atoms with E-state index in [0.717, 1.165) is 12.2 Å². The monoisotopic (exact) mass is 270 g/mol. The minimum atomic E-state index is 0.132. The van der Waals surface area contributed by atoms with Gasteiger partial charge in [0.2, 0.25) is 11.1 Å². The summed E-state index contributed by atoms with van der Waals surface area (Å²) >= 11 is 1.38. The van der Waals surface area contributed by atoms with Gasteiger partial charge in [-0.2, -0.15) is 0 Å². The topological polar surface area (TPSA) is 61.9 Å². The van der Waals surface area contributed by atoms with Crippen LogP contribution in [-0.2, 0) is 11.2 Å². The van der Waals surface area contributed by atoms with E-state index in [1.165, 1.54) is 11.8 Å². The zero-order chi connectivity index (χ0) is 13.7. The highest BCUT2D eigenvalue weighted by molar-refractivity contribution is 7.99. The lowest BCUT2D eigenvalue weighted by molar-refractivity contribution is -0.131. The molecule has 0 unspecified atom stereocenters. The van der Waals surface area contributed by atoms with Crippen molar-refractivity contribution in [3.8, 4) is 0 Å². The van der Waals surface area contributed by atoms with Crippen LogP contribution in [0.15, 0.2) is 5.16 Å². The first kappa shape index (κ1) is 15.0. The van der Waals surface area contributed by atoms with Gasteiger partial charge in [-0.3, -0.25) is 9.89 Å². The van der Waals surface area contributed by atoms with Crippen LogP contribution in [0.5, 0.6) is 0 Å². The molecule has 102 valence electrons. The van der Waals surface area contributed by atoms with E-state index in [9.17, 15) is 4.79 Å². The minimum absolute atomic E-state index is 0.132. The van der Waals surface area contributed by atoms with Gasteiger partial charge in [-0.25, -0.2) is 4.98 Å². The van der Waals surface area contributed by atoms with E-state index in [4.69, 9.17) is 0 Å². The Kier molecular flexibility index (Phi) is 5.65. The van der Waals surface area contributed by atoms with Crippen LogP contribution in [0.2, 0.25) is 0 Å². The van der Waals surface area contributed by atoms with Crippen molar-refractivity contribution in [1.29, 1.82) is 0 Å². The molecule has 0 aliphatic rings. The summed E-state index contributed by atoms with van der Waals surface area (Å²) < 4.78 is 0. The molecular weight excluding hydrogens is 248 g/mol. The van der Waals surface area contributed by atoms with E-state index >= 15 is 0 Å². The number of nitrogens with one attached hydrogen (secondary N) is 1. The minimum Gasteiger partial charge on any atom is -0.337 e. The van der Waals surface area contributed by atoms with Crippen molar-refractivity contribution in [2.24, 2.45) is 0 Å². The molecule has 0 atom stereocenters. The second-order valence-electron chi connectivity index (χ2n) is 4.70. The number of carbonyl (C=O) groups excluding carboxylic acids is 1. The zero-order valence-corrected chi connectivity index (χ0v) is 12.5. The molecule has 0 aliphatic carbocycles. The molecule has 1 N–H and O–H groups in total. The first-order valence-corrected chi connectivity index (χ1v) is 7.29. The molecule has 5 nitrogen and oxygen atoms in total. The van der Waals surface area contributed by atoms with Crippen LogP contribution < -0.4 is 0 Å². The number of thioether (sulfide) groups is 1. The van der Waals surface area contributed by atoms with E-state index in [-0.39, 0.29) is 18.0 Å². The van der Waals surface area contributed by atoms with Gasteiger partial charge in [0.05, 0.1) is 5.75 Å². The maximum atomic E-state index is 12.1. The van der Waals surface area contributed by atoms with Gasteiger partial charge in [0.25, 0.3) is 0 Å². The van der Waals surface area contributed by atoms with Crippen LogP contribution in [0.4, 0.5) is 0 Å². The fraction of sp³-hybridized carbons (Fsp3) is 0.750. The third-order valence-corrected chi connectivity index (χ3v) is 3.40. The summed E-state index contributed by atoms with van der Waals surface area (Å²) in [4.78, 5) is 18.3. The van der Waals surface area contributed by atoms with Crippen molar-refractivity contribution in [1.82, 2.24) is 20.1 Å². The Morgan fingerprint density at radius 2 is 1.94 bits per heavy atom. The summed E-state index contributed by atoms with van der Waals surface area (Å²) in [7, 11) is 0. The standard InChI is InChI=1S/C12H22N4OS/c1-6-10-13-12(15-14-10)18-7-11(17)16(8(2)3)9(4)5/h8-9H,6-7H2,1-5H3,(H,13,14,15). The highest BCUT2D eigenvalue weighted by Gasteiger charge is 2.20. The predicted octanol–water partition coefficient (Wildman–Crippen LogP) is 2.10. The zero-order valence-electron chi connectivity index (χ0n) is 11.7. The third-order valence-electron chi connectivity index (χ3n) is 2.57. The first-order chi connectivity index (χ1) is 8.45. The number of nitrogens with zero attached hydrogens (tertiary/aromatic N) is 3. The lowest BCUT2D eigenvalue weighted by atomic mass is 10.2. The molecule has 0 aliphatic heterocycles. The highest BCUT2D eigenvalue weighted by atomic mass is 32.2. The largest absolute Gasteiger partial charge is 0.337 e. The molecular formula is C12H22N4OS. The summed E-state index contributed by atoms with van der Waals surface area (Å²) in [5.41, 5.74) is 0. The average Bonchev–Trinajstić information content (AvgIpc) is 2.73. The molecule has 18 heavy (non-hydrogen) atoms. The molecule has 0 saturated heterocycles. The second kappa shape index (κ2) is 6.78. The van der Waals surface area contributed by atoms with Crippen LogP contribution in [0.25, 0.3) is 0 Å². The van der Waals surface area contributed by atoms with Crippen LogP contribution in [-0.4, -0.2) is 43.8 Å². The quantitative estimate of drug-likeness (QED) is 0.804. The molecule has 1 aromatic rings. The molecule has 0 radical (unpaired) electrons. The number of hydrogen-bond donors (Lipinski definition) is 1. The third kappa shape index (κ3) is 4.01. The van der Waals surface area contributed by atoms with Crippen molar-refractivity contribution in [3.63, 3.8) is 0 Å². The molecule has 0 spiro atoms. The first-order valence-electron chi connectivity index (χ1n) is 6.30. The molecule has 1 aromatic heterocycles. The highest BCUT2D eigenvalue weighted by Crippen LogP contribution is 2.15. The van der Waals surface area contributed by atoms with Crippen molar-refractivity contribution in [2.75, 3.05) is 5.75 Å². The SMILES string of the molecule is CCc1nc(SCC(=O)N(C(C)C)C(C)C)n[nH]1. The Morgan fingerprint density at radius 3 is 2.39 bits per heavy atom. The molecule has 1 amide bonds. The Balaban J connectivity index is 2.54. The van der Waals surface area contributed by atoms with Gasteiger partial charge in [0.1, 0.15) is 5.82 Å². The van der Waals surface area contributed by atoms with E-state index in [1.54, 1.807) is 0 Å². The average molecular weight is 270 g/mol. The summed E-state index contributed by atoms with van der Waals surface area (Å²) in [6.45, 7) is 10.1. The Morgan fingerprint density at radius 1 is 1.33 bits per heavy atom. The Bertz CT molecular complexity index is 381. The van der Waals surface area contributed by atoms with Gasteiger partial charge in [-0.15, -0.1) is 5.10 Å². The van der Waals surface area contributed by atoms with Crippen molar-refractivity contribution in [2.45, 2.75) is 58.3 Å². The number of hydrogen-bond acceptors (Lipinski definition) is 4. The Labute approximate surface area is 113 Å². The number of aromatic nitrogens is 3. The molecule has 1 heterocycles. The summed E-state index contributed by atoms with van der Waals surface area (Å²) in [6.07, 6.45) is 0.825. The van der Waals surface area contributed by atoms with Crippen LogP contribution >= 0.6 is 11.8 Å². The predicted molar refractivity (Wildman–Crippen MR) is 73.6 cm³/mol. The summed E-state index contributed by atoms with van der Waals surface area (Å²) in [6, 6.07) is 0.438. The summed E-state index contributed by atoms with van der Waals surface area (Å²) in [5, 5.41) is 7.56. The lowest BCUT2D eigenvalue weighted by Crippen LogP contribution is -2.43. The van der Waals surface area contributed by atoms with Gasteiger partial charge >= 0.3 is 0 Å². The summed E-state index contributed by atoms with van der Waals surface area (Å²) in [5.74, 6) is 1.37. The molecule has 6 heteroatoms. The maximum absolute atomic E-state index is 12.1. The number of aryl methyl sites for hydroxylation is 1. The number of carbonyl (C=O) groups is 1. The fourth-order valence-electron chi connectivity index (χ4n) is 1.87. The van der Waals surface area contributed by atoms with Gasteiger partial charge in [-0.05, 0) is 27.7 Å². The Hall–Kier alpha value is -1.04. The van der Waals surface area contributed by atoms with Gasteiger partial charge < -0.3 is 4.90 Å². The molecule has 0 aromatic carbocycles. The van der Waals surface area contributed by atoms with Crippen LogP contribution in [0.1, 0.15) is 40.4 Å². The van der Waals surface area contributed by atoms with E-state index in [0.29, 0.717) is 10.9 Å². The normalized spacial score (nSPS) is 11.3. The van der Waals surface area contributed by atoms with Crippen molar-refractivity contribution >= 4 is 17.7 Å². The van der Waals surface area contributed by atoms with E-state index in [2.05, 4.69) is 15.2 Å². The molecule has 1 rings (SSSR count). The number of amides is 1. The fourth-order valence-corrected chi connectivity index (χ4v) is 2.56. The lowest BCUT2D eigenvalue weighted by Gasteiger charge is -2.30. The van der Waals surface area contributed by atoms with Gasteiger partial charge in [0.15, 0.2) is 0 Å². The number of H-pyrrole nitrogens is 1. The maximum Gasteiger partial charge on any atom is 0.233 e. The van der Waals surface area contributed by atoms with Crippen molar-refractivity contribution < 1.29 is 4.79 Å². The van der Waals surface area contributed by atoms with E-state index < -0.39 is 0 Å². The van der Waals surface area contributed by atoms with Crippen LogP contribution in [0, 0.1) is 0 Å². The number of rotatable bonds is 6.